The first-order chi connectivity index (χ1) is 18.5. The van der Waals surface area contributed by atoms with Gasteiger partial charge in [0.05, 0.1) is 11.6 Å². The van der Waals surface area contributed by atoms with Crippen molar-refractivity contribution in [2.24, 2.45) is 0 Å². The van der Waals surface area contributed by atoms with Crippen molar-refractivity contribution in [2.45, 2.75) is 61.8 Å². The Bertz CT molecular complexity index is 1420. The van der Waals surface area contributed by atoms with Crippen LogP contribution in [0.4, 0.5) is 0 Å². The average molecular weight is 614 g/mol. The molecule has 13 heteroatoms. The highest BCUT2D eigenvalue weighted by Crippen LogP contribution is 2.37. The van der Waals surface area contributed by atoms with E-state index in [9.17, 15) is 22.8 Å². The minimum atomic E-state index is -4.29. The molecule has 2 heterocycles. The summed E-state index contributed by atoms with van der Waals surface area (Å²) in [5.74, 6) is -1.25. The molecule has 208 valence electrons. The molecule has 3 aliphatic rings. The standard InChI is InChI=1S/C26H27Cl3N4O5S/c1-15(34)30-21-13-32(39(37,38)23-10-9-18(28)12-20(23)29)24-14-31(19-3-2-4-19)26(36)22(33(24)25(21)35)11-16-5-7-17(27)8-6-16/h5-10,12,19,21-22,24H,2-4,11,13-14H2,1H3,(H,30,34). The van der Waals surface area contributed by atoms with Gasteiger partial charge in [0, 0.05) is 36.0 Å². The van der Waals surface area contributed by atoms with Crippen LogP contribution in [0, 0.1) is 0 Å². The SMILES string of the molecule is CC(=O)NC1CN(S(=O)(=O)c2ccc(Cl)cc2Cl)C2CN(C3CCC3)C(=O)C(Cc3ccc(Cl)cc3)N2C1=O. The fraction of sp³-hybridized carbons (Fsp3) is 0.423. The number of amides is 3. The highest BCUT2D eigenvalue weighted by Gasteiger charge is 2.55. The smallest absolute Gasteiger partial charge is 0.248 e. The van der Waals surface area contributed by atoms with Crippen molar-refractivity contribution < 1.29 is 22.8 Å². The number of halogens is 3. The number of nitrogens with one attached hydrogen (secondary N) is 1. The third kappa shape index (κ3) is 5.37. The Morgan fingerprint density at radius 3 is 2.23 bits per heavy atom. The highest BCUT2D eigenvalue weighted by molar-refractivity contribution is 7.89. The molecule has 1 N–H and O–H groups in total. The number of hydrogen-bond donors (Lipinski definition) is 1. The number of hydrogen-bond acceptors (Lipinski definition) is 5. The van der Waals surface area contributed by atoms with Crippen molar-refractivity contribution in [1.29, 1.82) is 0 Å². The molecule has 39 heavy (non-hydrogen) atoms. The van der Waals surface area contributed by atoms with Gasteiger partial charge >= 0.3 is 0 Å². The molecule has 3 unspecified atom stereocenters. The minimum absolute atomic E-state index is 0.0174. The zero-order valence-electron chi connectivity index (χ0n) is 21.0. The second-order valence-corrected chi connectivity index (χ2v) is 13.2. The lowest BCUT2D eigenvalue weighted by Gasteiger charge is -2.55. The van der Waals surface area contributed by atoms with E-state index in [0.717, 1.165) is 24.8 Å². The molecule has 9 nitrogen and oxygen atoms in total. The van der Waals surface area contributed by atoms with Crippen molar-refractivity contribution in [1.82, 2.24) is 19.4 Å². The number of sulfonamides is 1. The second kappa shape index (κ2) is 10.9. The zero-order valence-corrected chi connectivity index (χ0v) is 24.1. The maximum atomic E-state index is 14.1. The normalized spacial score (nSPS) is 24.4. The Balaban J connectivity index is 1.61. The molecule has 2 saturated heterocycles. The largest absolute Gasteiger partial charge is 0.343 e. The number of piperazine rings is 1. The summed E-state index contributed by atoms with van der Waals surface area (Å²) in [4.78, 5) is 42.6. The third-order valence-electron chi connectivity index (χ3n) is 7.55. The minimum Gasteiger partial charge on any atom is -0.343 e. The van der Waals surface area contributed by atoms with Crippen LogP contribution in [0.1, 0.15) is 31.7 Å². The van der Waals surface area contributed by atoms with Crippen LogP contribution in [0.3, 0.4) is 0 Å². The number of rotatable bonds is 6. The molecule has 2 aromatic carbocycles. The van der Waals surface area contributed by atoms with Gasteiger partial charge in [0.1, 0.15) is 23.1 Å². The van der Waals surface area contributed by atoms with E-state index in [1.54, 1.807) is 29.2 Å². The Morgan fingerprint density at radius 2 is 1.64 bits per heavy atom. The van der Waals surface area contributed by atoms with Gasteiger partial charge in [0.2, 0.25) is 27.7 Å². The van der Waals surface area contributed by atoms with Gasteiger partial charge in [0.25, 0.3) is 0 Å². The van der Waals surface area contributed by atoms with Gasteiger partial charge in [-0.3, -0.25) is 14.4 Å². The molecule has 0 radical (unpaired) electrons. The van der Waals surface area contributed by atoms with Crippen molar-refractivity contribution in [3.05, 3.63) is 63.1 Å². The van der Waals surface area contributed by atoms with Crippen molar-refractivity contribution >= 4 is 62.5 Å². The van der Waals surface area contributed by atoms with Crippen LogP contribution in [0.15, 0.2) is 47.4 Å². The van der Waals surface area contributed by atoms with Crippen LogP contribution in [0.25, 0.3) is 0 Å². The first-order valence-electron chi connectivity index (χ1n) is 12.6. The second-order valence-electron chi connectivity index (χ2n) is 10.1. The molecule has 0 spiro atoms. The van der Waals surface area contributed by atoms with E-state index < -0.39 is 40.1 Å². The fourth-order valence-electron chi connectivity index (χ4n) is 5.44. The van der Waals surface area contributed by atoms with Crippen LogP contribution in [0.2, 0.25) is 15.1 Å². The zero-order chi connectivity index (χ0) is 28.1. The molecular formula is C26H27Cl3N4O5S. The molecule has 5 rings (SSSR count). The molecule has 2 aromatic rings. The number of carbonyl (C=O) groups is 3. The van der Waals surface area contributed by atoms with Crippen molar-refractivity contribution in [3.63, 3.8) is 0 Å². The van der Waals surface area contributed by atoms with Gasteiger partial charge in [-0.2, -0.15) is 4.31 Å². The Kier molecular flexibility index (Phi) is 7.87. The summed E-state index contributed by atoms with van der Waals surface area (Å²) in [6.07, 6.45) is 1.75. The summed E-state index contributed by atoms with van der Waals surface area (Å²) in [5, 5.41) is 3.30. The summed E-state index contributed by atoms with van der Waals surface area (Å²) in [6, 6.07) is 8.82. The van der Waals surface area contributed by atoms with E-state index in [1.165, 1.54) is 34.3 Å². The van der Waals surface area contributed by atoms with E-state index in [-0.39, 0.29) is 46.4 Å². The van der Waals surface area contributed by atoms with Gasteiger partial charge in [-0.1, -0.05) is 46.9 Å². The predicted octanol–water partition coefficient (Wildman–Crippen LogP) is 3.32. The Morgan fingerprint density at radius 1 is 0.974 bits per heavy atom. The number of fused-ring (bicyclic) bond motifs is 1. The molecule has 0 bridgehead atoms. The van der Waals surface area contributed by atoms with E-state index in [2.05, 4.69) is 5.32 Å². The molecule has 3 fully saturated rings. The molecule has 2 aliphatic heterocycles. The molecule has 3 amide bonds. The van der Waals surface area contributed by atoms with E-state index >= 15 is 0 Å². The maximum Gasteiger partial charge on any atom is 0.248 e. The molecule has 1 aliphatic carbocycles. The van der Waals surface area contributed by atoms with Crippen LogP contribution >= 0.6 is 34.8 Å². The van der Waals surface area contributed by atoms with Gasteiger partial charge in [-0.25, -0.2) is 8.42 Å². The molecule has 0 aromatic heterocycles. The Hall–Kier alpha value is -2.37. The summed E-state index contributed by atoms with van der Waals surface area (Å²) in [5.41, 5.74) is 0.761. The average Bonchev–Trinajstić information content (AvgIpc) is 2.83. The number of carbonyl (C=O) groups excluding carboxylic acids is 3. The summed E-state index contributed by atoms with van der Waals surface area (Å²) in [7, 11) is -4.29. The van der Waals surface area contributed by atoms with Crippen LogP contribution in [0.5, 0.6) is 0 Å². The number of benzene rings is 2. The third-order valence-corrected chi connectivity index (χ3v) is 10.4. The van der Waals surface area contributed by atoms with E-state index in [0.29, 0.717) is 5.02 Å². The van der Waals surface area contributed by atoms with Gasteiger partial charge in [-0.05, 0) is 55.2 Å². The van der Waals surface area contributed by atoms with Crippen LogP contribution in [-0.2, 0) is 30.8 Å². The van der Waals surface area contributed by atoms with Crippen molar-refractivity contribution in [3.8, 4) is 0 Å². The lowest BCUT2D eigenvalue weighted by atomic mass is 9.88. The molecule has 1 saturated carbocycles. The van der Waals surface area contributed by atoms with Crippen LogP contribution in [-0.4, -0.2) is 77.6 Å². The number of nitrogens with zero attached hydrogens (tertiary/aromatic N) is 3. The molecule has 3 atom stereocenters. The predicted molar refractivity (Wildman–Crippen MR) is 147 cm³/mol. The lowest BCUT2D eigenvalue weighted by Crippen LogP contribution is -2.76. The van der Waals surface area contributed by atoms with Crippen molar-refractivity contribution in [2.75, 3.05) is 13.1 Å². The summed E-state index contributed by atoms with van der Waals surface area (Å²) in [6.45, 7) is 0.962. The van der Waals surface area contributed by atoms with Crippen LogP contribution < -0.4 is 5.32 Å². The first-order valence-corrected chi connectivity index (χ1v) is 15.2. The summed E-state index contributed by atoms with van der Waals surface area (Å²) < 4.78 is 29.3. The lowest BCUT2D eigenvalue weighted by molar-refractivity contribution is -0.171. The van der Waals surface area contributed by atoms with Gasteiger partial charge < -0.3 is 15.1 Å². The van der Waals surface area contributed by atoms with Gasteiger partial charge in [0.15, 0.2) is 0 Å². The monoisotopic (exact) mass is 612 g/mol. The van der Waals surface area contributed by atoms with E-state index in [4.69, 9.17) is 34.8 Å². The Labute approximate surface area is 242 Å². The van der Waals surface area contributed by atoms with Gasteiger partial charge in [-0.15, -0.1) is 0 Å². The quantitative estimate of drug-likeness (QED) is 0.538. The maximum absolute atomic E-state index is 14.1. The summed E-state index contributed by atoms with van der Waals surface area (Å²) >= 11 is 18.4. The first kappa shape index (κ1) is 28.2. The van der Waals surface area contributed by atoms with E-state index in [1.807, 2.05) is 0 Å². The highest BCUT2D eigenvalue weighted by atomic mass is 35.5. The molecular weight excluding hydrogens is 587 g/mol. The fourth-order valence-corrected chi connectivity index (χ4v) is 7.90. The topological polar surface area (TPSA) is 107 Å².